The molecule has 156 valence electrons. The molecule has 1 amide bonds. The molecule has 10 heteroatoms. The summed E-state index contributed by atoms with van der Waals surface area (Å²) in [6.07, 6.45) is 8.60. The summed E-state index contributed by atoms with van der Waals surface area (Å²) < 4.78 is 30.5. The van der Waals surface area contributed by atoms with Crippen molar-refractivity contribution in [2.75, 3.05) is 18.0 Å². The van der Waals surface area contributed by atoms with Gasteiger partial charge < -0.3 is 9.80 Å². The van der Waals surface area contributed by atoms with Crippen LogP contribution in [-0.4, -0.2) is 66.3 Å². The van der Waals surface area contributed by atoms with Crippen molar-refractivity contribution in [2.24, 2.45) is 13.0 Å². The van der Waals surface area contributed by atoms with Crippen LogP contribution in [0.3, 0.4) is 0 Å². The summed E-state index contributed by atoms with van der Waals surface area (Å²) in [6.45, 7) is 1.20. The van der Waals surface area contributed by atoms with E-state index in [0.29, 0.717) is 13.1 Å². The molecule has 30 heavy (non-hydrogen) atoms. The van der Waals surface area contributed by atoms with E-state index < -0.39 is 11.8 Å². The van der Waals surface area contributed by atoms with Crippen molar-refractivity contribution in [3.63, 3.8) is 0 Å². The van der Waals surface area contributed by atoms with Crippen molar-refractivity contribution in [3.8, 4) is 11.1 Å². The minimum Gasteiger partial charge on any atom is -0.351 e. The summed E-state index contributed by atoms with van der Waals surface area (Å²) in [5, 5.41) is 8.57. The van der Waals surface area contributed by atoms with Crippen molar-refractivity contribution in [1.29, 1.82) is 0 Å². The van der Waals surface area contributed by atoms with Crippen LogP contribution in [0.25, 0.3) is 16.6 Å². The van der Waals surface area contributed by atoms with E-state index in [-0.39, 0.29) is 24.4 Å². The van der Waals surface area contributed by atoms with E-state index in [9.17, 15) is 13.6 Å². The van der Waals surface area contributed by atoms with Crippen molar-refractivity contribution in [2.45, 2.75) is 37.3 Å². The van der Waals surface area contributed by atoms with E-state index in [1.54, 1.807) is 20.3 Å². The highest BCUT2D eigenvalue weighted by Gasteiger charge is 2.64. The van der Waals surface area contributed by atoms with E-state index in [0.717, 1.165) is 35.3 Å². The molecule has 5 heterocycles. The predicted molar refractivity (Wildman–Crippen MR) is 104 cm³/mol. The number of piperazine rings is 1. The number of hydrogen-bond donors (Lipinski definition) is 0. The summed E-state index contributed by atoms with van der Waals surface area (Å²) in [5.41, 5.74) is 2.87. The molecule has 3 aliphatic rings. The van der Waals surface area contributed by atoms with Crippen molar-refractivity contribution in [1.82, 2.24) is 29.3 Å². The first-order valence-electron chi connectivity index (χ1n) is 10.2. The van der Waals surface area contributed by atoms with Crippen LogP contribution < -0.4 is 4.90 Å². The van der Waals surface area contributed by atoms with Gasteiger partial charge in [0.1, 0.15) is 17.8 Å². The Balaban J connectivity index is 1.29. The van der Waals surface area contributed by atoms with Gasteiger partial charge in [-0.25, -0.2) is 18.3 Å². The zero-order chi connectivity index (χ0) is 20.6. The van der Waals surface area contributed by atoms with Crippen LogP contribution in [0.2, 0.25) is 0 Å². The third-order valence-corrected chi connectivity index (χ3v) is 6.58. The first-order chi connectivity index (χ1) is 14.4. The molecule has 8 nitrogen and oxygen atoms in total. The number of alkyl halides is 2. The minimum atomic E-state index is -2.82. The molecule has 2 bridgehead atoms. The highest BCUT2D eigenvalue weighted by atomic mass is 19.3. The zero-order valence-corrected chi connectivity index (χ0v) is 16.4. The Kier molecular flexibility index (Phi) is 3.55. The predicted octanol–water partition coefficient (Wildman–Crippen LogP) is 1.96. The van der Waals surface area contributed by atoms with Crippen LogP contribution in [0.15, 0.2) is 31.0 Å². The van der Waals surface area contributed by atoms with Gasteiger partial charge >= 0.3 is 0 Å². The molecule has 1 saturated carbocycles. The number of aryl methyl sites for hydroxylation is 1. The van der Waals surface area contributed by atoms with Gasteiger partial charge in [0.05, 0.1) is 6.20 Å². The van der Waals surface area contributed by atoms with Crippen molar-refractivity contribution < 1.29 is 13.6 Å². The van der Waals surface area contributed by atoms with Crippen LogP contribution in [-0.2, 0) is 11.8 Å². The Morgan fingerprint density at radius 2 is 1.87 bits per heavy atom. The van der Waals surface area contributed by atoms with Gasteiger partial charge in [-0.2, -0.15) is 10.2 Å². The normalized spacial score (nSPS) is 27.1. The number of hydrogen-bond acceptors (Lipinski definition) is 5. The molecule has 3 atom stereocenters. The maximum Gasteiger partial charge on any atom is 0.260 e. The van der Waals surface area contributed by atoms with E-state index in [1.807, 2.05) is 25.5 Å². The molecule has 0 spiro atoms. The second-order valence-electron chi connectivity index (χ2n) is 8.60. The van der Waals surface area contributed by atoms with E-state index >= 15 is 0 Å². The summed E-state index contributed by atoms with van der Waals surface area (Å²) in [7, 11) is 1.87. The maximum absolute atomic E-state index is 13.5. The fourth-order valence-electron chi connectivity index (χ4n) is 4.99. The second-order valence-corrected chi connectivity index (χ2v) is 8.60. The molecular weight excluding hydrogens is 392 g/mol. The number of nitrogens with zero attached hydrogens (tertiary/aromatic N) is 7. The Morgan fingerprint density at radius 3 is 2.50 bits per heavy atom. The third-order valence-electron chi connectivity index (χ3n) is 6.58. The van der Waals surface area contributed by atoms with Crippen LogP contribution >= 0.6 is 0 Å². The SMILES string of the molecule is Cn1cc(-c2cc3c(N4CC5CCC(C4)N5C(=O)[C@H]4CC4(F)F)ncnn3c2)cn1. The lowest BCUT2D eigenvalue weighted by molar-refractivity contribution is -0.138. The van der Waals surface area contributed by atoms with Crippen molar-refractivity contribution >= 4 is 17.2 Å². The number of carbonyl (C=O) groups excluding carboxylic acids is 1. The summed E-state index contributed by atoms with van der Waals surface area (Å²) in [5.74, 6) is -3.51. The Hall–Kier alpha value is -3.04. The van der Waals surface area contributed by atoms with Gasteiger partial charge in [0, 0.05) is 62.2 Å². The van der Waals surface area contributed by atoms with Gasteiger partial charge in [-0.3, -0.25) is 9.48 Å². The van der Waals surface area contributed by atoms with Crippen LogP contribution in [0.4, 0.5) is 14.6 Å². The molecule has 6 rings (SSSR count). The minimum absolute atomic E-state index is 0.0459. The number of carbonyl (C=O) groups is 1. The molecule has 0 N–H and O–H groups in total. The first kappa shape index (κ1) is 17.8. The largest absolute Gasteiger partial charge is 0.351 e. The molecule has 3 aromatic rings. The van der Waals surface area contributed by atoms with E-state index in [4.69, 9.17) is 0 Å². The lowest BCUT2D eigenvalue weighted by Gasteiger charge is -2.41. The Morgan fingerprint density at radius 1 is 1.13 bits per heavy atom. The van der Waals surface area contributed by atoms with Gasteiger partial charge in [0.25, 0.3) is 5.92 Å². The van der Waals surface area contributed by atoms with Gasteiger partial charge in [-0.05, 0) is 18.9 Å². The summed E-state index contributed by atoms with van der Waals surface area (Å²) in [6, 6.07) is 1.95. The van der Waals surface area contributed by atoms with Gasteiger partial charge in [-0.1, -0.05) is 0 Å². The van der Waals surface area contributed by atoms with Crippen LogP contribution in [0, 0.1) is 5.92 Å². The maximum atomic E-state index is 13.5. The molecule has 0 aromatic carbocycles. The summed E-state index contributed by atoms with van der Waals surface area (Å²) >= 11 is 0. The highest BCUT2D eigenvalue weighted by molar-refractivity contribution is 5.84. The molecule has 2 aliphatic heterocycles. The topological polar surface area (TPSA) is 71.6 Å². The quantitative estimate of drug-likeness (QED) is 0.657. The number of aromatic nitrogens is 5. The van der Waals surface area contributed by atoms with Gasteiger partial charge in [0.2, 0.25) is 5.91 Å². The Labute approximate surface area is 171 Å². The first-order valence-corrected chi connectivity index (χ1v) is 10.2. The van der Waals surface area contributed by atoms with E-state index in [1.165, 1.54) is 6.33 Å². The number of halogens is 2. The van der Waals surface area contributed by atoms with Crippen LogP contribution in [0.5, 0.6) is 0 Å². The van der Waals surface area contributed by atoms with Crippen LogP contribution in [0.1, 0.15) is 19.3 Å². The monoisotopic (exact) mass is 413 g/mol. The molecule has 3 aromatic heterocycles. The van der Waals surface area contributed by atoms with E-state index in [2.05, 4.69) is 20.1 Å². The summed E-state index contributed by atoms with van der Waals surface area (Å²) in [4.78, 5) is 21.1. The molecule has 0 radical (unpaired) electrons. The average Bonchev–Trinajstić information content (AvgIpc) is 3.09. The fraction of sp³-hybridized carbons (Fsp3) is 0.500. The standard InChI is InChI=1S/C20H21F2N7O/c1-26-7-13(6-24-26)12-4-17-18(23-11-25-28(17)8-12)27-9-14-2-3-15(10-27)29(14)19(30)16-5-20(16,21)22/h4,6-8,11,14-16H,2-3,5,9-10H2,1H3/t14?,15?,16-/m1/s1. The number of amides is 1. The molecule has 1 aliphatic carbocycles. The molecule has 2 unspecified atom stereocenters. The highest BCUT2D eigenvalue weighted by Crippen LogP contribution is 2.51. The number of fused-ring (bicyclic) bond motifs is 3. The van der Waals surface area contributed by atoms with Gasteiger partial charge in [-0.15, -0.1) is 0 Å². The number of anilines is 1. The fourth-order valence-corrected chi connectivity index (χ4v) is 4.99. The smallest absolute Gasteiger partial charge is 0.260 e. The third kappa shape index (κ3) is 2.62. The molecule has 2 saturated heterocycles. The molecular formula is C20H21F2N7O. The average molecular weight is 413 g/mol. The lowest BCUT2D eigenvalue weighted by Crippen LogP contribution is -2.56. The zero-order valence-electron chi connectivity index (χ0n) is 16.4. The molecule has 3 fully saturated rings. The Bertz CT molecular complexity index is 1140. The lowest BCUT2D eigenvalue weighted by atomic mass is 10.1. The number of rotatable bonds is 3. The van der Waals surface area contributed by atoms with Gasteiger partial charge in [0.15, 0.2) is 5.82 Å². The second kappa shape index (κ2) is 5.99. The van der Waals surface area contributed by atoms with Crippen molar-refractivity contribution in [3.05, 3.63) is 31.0 Å².